The Labute approximate surface area is 120 Å². The summed E-state index contributed by atoms with van der Waals surface area (Å²) in [6.07, 6.45) is 1.68. The van der Waals surface area contributed by atoms with Crippen LogP contribution < -0.4 is 9.47 Å². The highest BCUT2D eigenvalue weighted by Crippen LogP contribution is 2.45. The molecule has 1 aromatic carbocycles. The molecule has 1 fully saturated rings. The van der Waals surface area contributed by atoms with Crippen LogP contribution in [0.15, 0.2) is 16.6 Å². The van der Waals surface area contributed by atoms with Crippen LogP contribution in [-0.2, 0) is 10.4 Å². The number of rotatable bonds is 3. The standard InChI is InChI=1S/C14H17BrO4/c1-18-11-4-3-10(13(19-2)12(11)15)14(17)7-5-9(16)6-8-14/h3-4,17H,5-8H2,1-2H3. The van der Waals surface area contributed by atoms with Crippen LogP contribution in [-0.4, -0.2) is 25.1 Å². The first-order valence-corrected chi connectivity index (χ1v) is 6.96. The lowest BCUT2D eigenvalue weighted by atomic mass is 9.79. The summed E-state index contributed by atoms with van der Waals surface area (Å²) in [5.41, 5.74) is -0.302. The smallest absolute Gasteiger partial charge is 0.142 e. The van der Waals surface area contributed by atoms with E-state index in [1.807, 2.05) is 0 Å². The molecule has 4 nitrogen and oxygen atoms in total. The molecule has 0 aliphatic heterocycles. The molecule has 2 rings (SSSR count). The van der Waals surface area contributed by atoms with Gasteiger partial charge >= 0.3 is 0 Å². The van der Waals surface area contributed by atoms with Crippen LogP contribution in [0.4, 0.5) is 0 Å². The zero-order chi connectivity index (χ0) is 14.0. The van der Waals surface area contributed by atoms with Gasteiger partial charge in [0.2, 0.25) is 0 Å². The molecule has 1 saturated carbocycles. The number of ketones is 1. The van der Waals surface area contributed by atoms with Gasteiger partial charge in [0.15, 0.2) is 0 Å². The summed E-state index contributed by atoms with van der Waals surface area (Å²) in [6.45, 7) is 0. The van der Waals surface area contributed by atoms with Crippen LogP contribution in [0.1, 0.15) is 31.2 Å². The zero-order valence-corrected chi connectivity index (χ0v) is 12.6. The molecule has 104 valence electrons. The van der Waals surface area contributed by atoms with Gasteiger partial charge in [-0.3, -0.25) is 4.79 Å². The third kappa shape index (κ3) is 2.62. The molecule has 0 atom stereocenters. The van der Waals surface area contributed by atoms with Crippen molar-refractivity contribution in [3.63, 3.8) is 0 Å². The molecule has 1 aromatic rings. The van der Waals surface area contributed by atoms with E-state index in [-0.39, 0.29) is 5.78 Å². The van der Waals surface area contributed by atoms with Crippen molar-refractivity contribution in [2.75, 3.05) is 14.2 Å². The van der Waals surface area contributed by atoms with Gasteiger partial charge in [-0.25, -0.2) is 0 Å². The normalized spacial score (nSPS) is 18.2. The van der Waals surface area contributed by atoms with Crippen molar-refractivity contribution in [2.45, 2.75) is 31.3 Å². The van der Waals surface area contributed by atoms with Crippen LogP contribution in [0.3, 0.4) is 0 Å². The Bertz CT molecular complexity index is 488. The van der Waals surface area contributed by atoms with Crippen molar-refractivity contribution in [3.05, 3.63) is 22.2 Å². The van der Waals surface area contributed by atoms with Crippen molar-refractivity contribution < 1.29 is 19.4 Å². The van der Waals surface area contributed by atoms with E-state index in [1.165, 1.54) is 0 Å². The van der Waals surface area contributed by atoms with Crippen LogP contribution in [0.5, 0.6) is 11.5 Å². The third-order valence-corrected chi connectivity index (χ3v) is 4.37. The van der Waals surface area contributed by atoms with Crippen LogP contribution in [0.25, 0.3) is 0 Å². The number of Topliss-reactive ketones (excluding diaryl/α,β-unsaturated/α-hetero) is 1. The SMILES string of the molecule is COc1ccc(C2(O)CCC(=O)CC2)c(OC)c1Br. The number of hydrogen-bond acceptors (Lipinski definition) is 4. The average Bonchev–Trinajstić information content (AvgIpc) is 2.42. The number of carbonyl (C=O) groups excluding carboxylic acids is 1. The van der Waals surface area contributed by atoms with E-state index in [4.69, 9.17) is 9.47 Å². The number of aliphatic hydroxyl groups is 1. The van der Waals surface area contributed by atoms with E-state index >= 15 is 0 Å². The molecule has 0 radical (unpaired) electrons. The van der Waals surface area contributed by atoms with Crippen LogP contribution in [0, 0.1) is 0 Å². The van der Waals surface area contributed by atoms with Crippen molar-refractivity contribution in [1.82, 2.24) is 0 Å². The number of methoxy groups -OCH3 is 2. The van der Waals surface area contributed by atoms with Gasteiger partial charge in [-0.2, -0.15) is 0 Å². The van der Waals surface area contributed by atoms with Gasteiger partial charge in [0, 0.05) is 18.4 Å². The van der Waals surface area contributed by atoms with Crippen molar-refractivity contribution in [1.29, 1.82) is 0 Å². The Hall–Kier alpha value is -1.07. The van der Waals surface area contributed by atoms with Gasteiger partial charge in [-0.15, -0.1) is 0 Å². The fraction of sp³-hybridized carbons (Fsp3) is 0.500. The second kappa shape index (κ2) is 5.51. The highest BCUT2D eigenvalue weighted by Gasteiger charge is 2.37. The Morgan fingerprint density at radius 2 is 1.84 bits per heavy atom. The van der Waals surface area contributed by atoms with Crippen molar-refractivity contribution >= 4 is 21.7 Å². The Morgan fingerprint density at radius 1 is 1.21 bits per heavy atom. The minimum atomic E-state index is -1.01. The molecule has 1 aliphatic carbocycles. The van der Waals surface area contributed by atoms with Crippen LogP contribution >= 0.6 is 15.9 Å². The van der Waals surface area contributed by atoms with Gasteiger partial charge in [-0.1, -0.05) is 0 Å². The second-order valence-electron chi connectivity index (χ2n) is 4.73. The molecule has 0 saturated heterocycles. The topological polar surface area (TPSA) is 55.8 Å². The second-order valence-corrected chi connectivity index (χ2v) is 5.53. The highest BCUT2D eigenvalue weighted by atomic mass is 79.9. The quantitative estimate of drug-likeness (QED) is 0.926. The fourth-order valence-corrected chi connectivity index (χ4v) is 3.14. The Balaban J connectivity index is 2.44. The summed E-state index contributed by atoms with van der Waals surface area (Å²) in [5.74, 6) is 1.42. The van der Waals surface area contributed by atoms with E-state index in [0.717, 1.165) is 0 Å². The van der Waals surface area contributed by atoms with Crippen LogP contribution in [0.2, 0.25) is 0 Å². The Morgan fingerprint density at radius 3 is 2.37 bits per heavy atom. The van der Waals surface area contributed by atoms with Gasteiger partial charge < -0.3 is 14.6 Å². The highest BCUT2D eigenvalue weighted by molar-refractivity contribution is 9.10. The lowest BCUT2D eigenvalue weighted by Gasteiger charge is -2.33. The summed E-state index contributed by atoms with van der Waals surface area (Å²) < 4.78 is 11.3. The van der Waals surface area contributed by atoms with E-state index in [9.17, 15) is 9.90 Å². The molecule has 0 bridgehead atoms. The first kappa shape index (κ1) is 14.3. The molecule has 0 amide bonds. The minimum Gasteiger partial charge on any atom is -0.495 e. The molecule has 0 unspecified atom stereocenters. The number of carbonyl (C=O) groups is 1. The molecular formula is C14H17BrO4. The van der Waals surface area contributed by atoms with E-state index in [1.54, 1.807) is 26.4 Å². The third-order valence-electron chi connectivity index (χ3n) is 3.62. The number of ether oxygens (including phenoxy) is 2. The lowest BCUT2D eigenvalue weighted by Crippen LogP contribution is -2.32. The number of hydrogen-bond donors (Lipinski definition) is 1. The first-order chi connectivity index (χ1) is 9.01. The molecule has 1 aliphatic rings. The van der Waals surface area contributed by atoms with Crippen molar-refractivity contribution in [2.24, 2.45) is 0 Å². The lowest BCUT2D eigenvalue weighted by molar-refractivity contribution is -0.125. The predicted molar refractivity (Wildman–Crippen MR) is 74.6 cm³/mol. The largest absolute Gasteiger partial charge is 0.495 e. The monoisotopic (exact) mass is 328 g/mol. The maximum absolute atomic E-state index is 11.3. The molecule has 0 aromatic heterocycles. The molecule has 1 N–H and O–H groups in total. The molecule has 0 heterocycles. The molecule has 19 heavy (non-hydrogen) atoms. The minimum absolute atomic E-state index is 0.205. The number of halogens is 1. The van der Waals surface area contributed by atoms with E-state index in [2.05, 4.69) is 15.9 Å². The van der Waals surface area contributed by atoms with Gasteiger partial charge in [0.25, 0.3) is 0 Å². The van der Waals surface area contributed by atoms with Gasteiger partial charge in [0.05, 0.1) is 19.8 Å². The first-order valence-electron chi connectivity index (χ1n) is 6.17. The predicted octanol–water partition coefficient (Wildman–Crippen LogP) is 2.80. The van der Waals surface area contributed by atoms with Crippen molar-refractivity contribution in [3.8, 4) is 11.5 Å². The van der Waals surface area contributed by atoms with Gasteiger partial charge in [-0.05, 0) is 40.9 Å². The summed E-state index contributed by atoms with van der Waals surface area (Å²) >= 11 is 3.43. The molecule has 5 heteroatoms. The average molecular weight is 329 g/mol. The Kier molecular flexibility index (Phi) is 4.16. The zero-order valence-electron chi connectivity index (χ0n) is 11.0. The maximum atomic E-state index is 11.3. The van der Waals surface area contributed by atoms with E-state index < -0.39 is 5.60 Å². The summed E-state index contributed by atoms with van der Waals surface area (Å²) in [7, 11) is 3.13. The maximum Gasteiger partial charge on any atom is 0.142 e. The summed E-state index contributed by atoms with van der Waals surface area (Å²) in [5, 5.41) is 10.8. The van der Waals surface area contributed by atoms with Gasteiger partial charge in [0.1, 0.15) is 21.8 Å². The fourth-order valence-electron chi connectivity index (χ4n) is 2.47. The molecule has 0 spiro atoms. The van der Waals surface area contributed by atoms with E-state index in [0.29, 0.717) is 47.2 Å². The molecular weight excluding hydrogens is 312 g/mol. The number of benzene rings is 1. The summed E-state index contributed by atoms with van der Waals surface area (Å²) in [6, 6.07) is 3.59. The summed E-state index contributed by atoms with van der Waals surface area (Å²) in [4.78, 5) is 11.3.